The predicted molar refractivity (Wildman–Crippen MR) is 149 cm³/mol. The van der Waals surface area contributed by atoms with Crippen molar-refractivity contribution in [3.63, 3.8) is 0 Å². The summed E-state index contributed by atoms with van der Waals surface area (Å²) in [6, 6.07) is 8.95. The summed E-state index contributed by atoms with van der Waals surface area (Å²) >= 11 is 0. The Morgan fingerprint density at radius 1 is 0.977 bits per heavy atom. The lowest BCUT2D eigenvalue weighted by Crippen LogP contribution is -2.53. The van der Waals surface area contributed by atoms with Crippen LogP contribution in [0.2, 0.25) is 0 Å². The fourth-order valence-electron chi connectivity index (χ4n) is 4.88. The SMILES string of the molecule is CC(C)c1cccc(CNC[C@@H](O)[C@H](Cc2cc(F)cc(F)c2)NC(=O)[C@@H]2CN(Cc3cc(F)c(F)cc3F)C(=O)N2)c1. The number of aliphatic hydroxyl groups is 1. The fourth-order valence-corrected chi connectivity index (χ4v) is 4.88. The fraction of sp³-hybridized carbons (Fsp3) is 0.355. The third-order valence-electron chi connectivity index (χ3n) is 7.23. The van der Waals surface area contributed by atoms with Gasteiger partial charge in [0.05, 0.1) is 25.2 Å². The standard InChI is InChI=1S/C31H33F5N4O3/c1-17(2)20-5-3-4-18(6-20)13-37-14-29(41)27(9-19-7-22(32)11-23(33)8-19)38-30(42)28-16-40(31(43)39-28)15-21-10-25(35)26(36)12-24(21)34/h3-8,10-12,17,27-29,37,41H,9,13-16H2,1-2H3,(H,38,42)(H,39,43)/t27-,28-,29+/m0/s1. The zero-order valence-corrected chi connectivity index (χ0v) is 23.6. The molecule has 7 nitrogen and oxygen atoms in total. The van der Waals surface area contributed by atoms with E-state index in [1.807, 2.05) is 24.3 Å². The Hall–Kier alpha value is -4.03. The maximum Gasteiger partial charge on any atom is 0.318 e. The zero-order valence-electron chi connectivity index (χ0n) is 23.6. The lowest BCUT2D eigenvalue weighted by atomic mass is 9.99. The summed E-state index contributed by atoms with van der Waals surface area (Å²) in [4.78, 5) is 26.7. The maximum absolute atomic E-state index is 14.1. The van der Waals surface area contributed by atoms with E-state index in [1.165, 1.54) is 0 Å². The summed E-state index contributed by atoms with van der Waals surface area (Å²) < 4.78 is 68.8. The number of carbonyl (C=O) groups is 2. The highest BCUT2D eigenvalue weighted by Gasteiger charge is 2.36. The molecule has 0 radical (unpaired) electrons. The summed E-state index contributed by atoms with van der Waals surface area (Å²) in [7, 11) is 0. The van der Waals surface area contributed by atoms with Gasteiger partial charge in [0.25, 0.3) is 0 Å². The van der Waals surface area contributed by atoms with Gasteiger partial charge >= 0.3 is 6.03 Å². The van der Waals surface area contributed by atoms with Crippen molar-refractivity contribution in [1.82, 2.24) is 20.9 Å². The average molecular weight is 605 g/mol. The summed E-state index contributed by atoms with van der Waals surface area (Å²) in [6.45, 7) is 3.94. The first-order chi connectivity index (χ1) is 20.4. The molecule has 0 aromatic heterocycles. The van der Waals surface area contributed by atoms with Crippen LogP contribution >= 0.6 is 0 Å². The van der Waals surface area contributed by atoms with Crippen molar-refractivity contribution in [1.29, 1.82) is 0 Å². The summed E-state index contributed by atoms with van der Waals surface area (Å²) in [5.74, 6) is -5.70. The van der Waals surface area contributed by atoms with Crippen molar-refractivity contribution in [2.45, 2.75) is 57.5 Å². The third kappa shape index (κ3) is 8.51. The number of amides is 3. The number of carbonyl (C=O) groups excluding carboxylic acids is 2. The highest BCUT2D eigenvalue weighted by atomic mass is 19.2. The Morgan fingerprint density at radius 3 is 2.37 bits per heavy atom. The van der Waals surface area contributed by atoms with E-state index in [0.717, 1.165) is 28.2 Å². The molecule has 0 spiro atoms. The van der Waals surface area contributed by atoms with Gasteiger partial charge in [0.2, 0.25) is 5.91 Å². The first kappa shape index (κ1) is 31.9. The smallest absolute Gasteiger partial charge is 0.318 e. The molecule has 3 amide bonds. The highest BCUT2D eigenvalue weighted by molar-refractivity contribution is 5.90. The van der Waals surface area contributed by atoms with Gasteiger partial charge < -0.3 is 26.0 Å². The Balaban J connectivity index is 1.43. The molecule has 3 aromatic carbocycles. The molecule has 4 N–H and O–H groups in total. The first-order valence-electron chi connectivity index (χ1n) is 13.8. The Bertz CT molecular complexity index is 1450. The predicted octanol–water partition coefficient (Wildman–Crippen LogP) is 4.28. The normalized spacial score (nSPS) is 16.3. The van der Waals surface area contributed by atoms with Crippen LogP contribution in [-0.4, -0.2) is 53.2 Å². The number of aliphatic hydroxyl groups excluding tert-OH is 1. The van der Waals surface area contributed by atoms with Gasteiger partial charge in [0, 0.05) is 30.8 Å². The number of hydrogen-bond donors (Lipinski definition) is 4. The minimum atomic E-state index is -1.37. The molecule has 0 bridgehead atoms. The van der Waals surface area contributed by atoms with Gasteiger partial charge in [-0.05, 0) is 47.2 Å². The monoisotopic (exact) mass is 604 g/mol. The van der Waals surface area contributed by atoms with Crippen LogP contribution in [0, 0.1) is 29.1 Å². The molecule has 1 heterocycles. The Morgan fingerprint density at radius 2 is 1.67 bits per heavy atom. The second-order valence-corrected chi connectivity index (χ2v) is 10.9. The van der Waals surface area contributed by atoms with E-state index in [9.17, 15) is 36.6 Å². The topological polar surface area (TPSA) is 93.7 Å². The minimum Gasteiger partial charge on any atom is -0.390 e. The summed E-state index contributed by atoms with van der Waals surface area (Å²) in [6.07, 6.45) is -1.33. The average Bonchev–Trinajstić information content (AvgIpc) is 3.31. The summed E-state index contributed by atoms with van der Waals surface area (Å²) in [5.41, 5.74) is 2.05. The molecule has 1 fully saturated rings. The Kier molecular flexibility index (Phi) is 10.4. The minimum absolute atomic E-state index is 0.0210. The lowest BCUT2D eigenvalue weighted by molar-refractivity contribution is -0.124. The molecule has 43 heavy (non-hydrogen) atoms. The van der Waals surface area contributed by atoms with Gasteiger partial charge in [-0.15, -0.1) is 0 Å². The van der Waals surface area contributed by atoms with Crippen molar-refractivity contribution in [3.05, 3.63) is 106 Å². The van der Waals surface area contributed by atoms with Crippen LogP contribution in [0.25, 0.3) is 0 Å². The number of nitrogens with one attached hydrogen (secondary N) is 3. The van der Waals surface area contributed by atoms with Crippen molar-refractivity contribution >= 4 is 11.9 Å². The van der Waals surface area contributed by atoms with Gasteiger partial charge in [-0.2, -0.15) is 0 Å². The lowest BCUT2D eigenvalue weighted by Gasteiger charge is -2.26. The van der Waals surface area contributed by atoms with Gasteiger partial charge in [-0.1, -0.05) is 38.1 Å². The Labute approximate surface area is 246 Å². The molecule has 0 unspecified atom stereocenters. The molecule has 12 heteroatoms. The summed E-state index contributed by atoms with van der Waals surface area (Å²) in [5, 5.41) is 19.3. The van der Waals surface area contributed by atoms with E-state index in [0.29, 0.717) is 30.7 Å². The highest BCUT2D eigenvalue weighted by Crippen LogP contribution is 2.19. The van der Waals surface area contributed by atoms with Crippen LogP contribution in [-0.2, 0) is 24.3 Å². The van der Waals surface area contributed by atoms with E-state index in [1.54, 1.807) is 0 Å². The third-order valence-corrected chi connectivity index (χ3v) is 7.23. The van der Waals surface area contributed by atoms with Crippen LogP contribution in [0.5, 0.6) is 0 Å². The number of halogens is 5. The van der Waals surface area contributed by atoms with Crippen LogP contribution in [0.1, 0.15) is 42.0 Å². The van der Waals surface area contributed by atoms with Gasteiger partial charge in [-0.25, -0.2) is 26.7 Å². The quantitative estimate of drug-likeness (QED) is 0.184. The molecule has 1 saturated heterocycles. The van der Waals surface area contributed by atoms with Crippen LogP contribution < -0.4 is 16.0 Å². The van der Waals surface area contributed by atoms with Gasteiger partial charge in [0.1, 0.15) is 23.5 Å². The number of benzene rings is 3. The molecule has 230 valence electrons. The van der Waals surface area contributed by atoms with Gasteiger partial charge in [0.15, 0.2) is 11.6 Å². The van der Waals surface area contributed by atoms with Crippen molar-refractivity contribution in [3.8, 4) is 0 Å². The van der Waals surface area contributed by atoms with Crippen molar-refractivity contribution < 1.29 is 36.6 Å². The van der Waals surface area contributed by atoms with Crippen LogP contribution in [0.4, 0.5) is 26.7 Å². The number of urea groups is 1. The van der Waals surface area contributed by atoms with E-state index in [-0.39, 0.29) is 30.6 Å². The number of nitrogens with zero attached hydrogens (tertiary/aromatic N) is 1. The van der Waals surface area contributed by atoms with Crippen LogP contribution in [0.3, 0.4) is 0 Å². The molecule has 3 aromatic rings. The second-order valence-electron chi connectivity index (χ2n) is 10.9. The van der Waals surface area contributed by atoms with Crippen molar-refractivity contribution in [2.24, 2.45) is 0 Å². The molecular weight excluding hydrogens is 571 g/mol. The first-order valence-corrected chi connectivity index (χ1v) is 13.8. The second kappa shape index (κ2) is 14.0. The molecule has 1 aliphatic heterocycles. The molecule has 0 aliphatic carbocycles. The molecule has 4 rings (SSSR count). The maximum atomic E-state index is 14.1. The number of hydrogen-bond acceptors (Lipinski definition) is 4. The number of rotatable bonds is 12. The largest absolute Gasteiger partial charge is 0.390 e. The van der Waals surface area contributed by atoms with E-state index in [4.69, 9.17) is 0 Å². The van der Waals surface area contributed by atoms with Crippen molar-refractivity contribution in [2.75, 3.05) is 13.1 Å². The van der Waals surface area contributed by atoms with Crippen LogP contribution in [0.15, 0.2) is 54.6 Å². The van der Waals surface area contributed by atoms with E-state index < -0.39 is 65.8 Å². The molecule has 0 saturated carbocycles. The van der Waals surface area contributed by atoms with Gasteiger partial charge in [-0.3, -0.25) is 4.79 Å². The molecule has 3 atom stereocenters. The van der Waals surface area contributed by atoms with E-state index >= 15 is 0 Å². The molecule has 1 aliphatic rings. The molecular formula is C31H33F5N4O3. The zero-order chi connectivity index (χ0) is 31.3. The van der Waals surface area contributed by atoms with E-state index in [2.05, 4.69) is 29.8 Å².